The van der Waals surface area contributed by atoms with Crippen LogP contribution in [0.1, 0.15) is 6.92 Å². The van der Waals surface area contributed by atoms with E-state index >= 15 is 0 Å². The first kappa shape index (κ1) is 13.2. The van der Waals surface area contributed by atoms with Gasteiger partial charge in [-0.1, -0.05) is 12.1 Å². The van der Waals surface area contributed by atoms with Crippen LogP contribution < -0.4 is 4.90 Å². The molecule has 0 spiro atoms. The van der Waals surface area contributed by atoms with Gasteiger partial charge in [-0.3, -0.25) is 4.79 Å². The van der Waals surface area contributed by atoms with E-state index in [0.717, 1.165) is 0 Å². The smallest absolute Gasteiger partial charge is 0.235 e. The monoisotopic (exact) mass is 268 g/mol. The molecule has 0 saturated carbocycles. The van der Waals surface area contributed by atoms with Gasteiger partial charge in [0, 0.05) is 26.2 Å². The van der Waals surface area contributed by atoms with Gasteiger partial charge in [0.15, 0.2) is 0 Å². The maximum Gasteiger partial charge on any atom is 0.235 e. The third-order valence-corrected chi connectivity index (χ3v) is 3.36. The lowest BCUT2D eigenvalue weighted by Gasteiger charge is -2.36. The molecule has 0 aliphatic carbocycles. The van der Waals surface area contributed by atoms with Gasteiger partial charge in [-0.15, -0.1) is 0 Å². The number of thiol groups is 1. The van der Waals surface area contributed by atoms with Gasteiger partial charge in [0.25, 0.3) is 0 Å². The van der Waals surface area contributed by atoms with Crippen molar-refractivity contribution in [2.75, 3.05) is 31.1 Å². The second kappa shape index (κ2) is 5.61. The van der Waals surface area contributed by atoms with Crippen LogP contribution in [0.25, 0.3) is 0 Å². The van der Waals surface area contributed by atoms with Crippen LogP contribution in [0.2, 0.25) is 0 Å². The van der Waals surface area contributed by atoms with Gasteiger partial charge in [0.2, 0.25) is 5.91 Å². The van der Waals surface area contributed by atoms with Crippen molar-refractivity contribution in [3.8, 4) is 0 Å². The molecule has 1 aromatic rings. The average molecular weight is 268 g/mol. The molecule has 0 radical (unpaired) electrons. The van der Waals surface area contributed by atoms with Gasteiger partial charge in [-0.05, 0) is 19.1 Å². The van der Waals surface area contributed by atoms with Crippen LogP contribution in [0.3, 0.4) is 0 Å². The van der Waals surface area contributed by atoms with Crippen LogP contribution in [0.4, 0.5) is 10.1 Å². The molecule has 0 bridgehead atoms. The lowest BCUT2D eigenvalue weighted by molar-refractivity contribution is -0.130. The molecule has 1 fully saturated rings. The normalized spacial score (nSPS) is 17.7. The zero-order valence-electron chi connectivity index (χ0n) is 10.3. The number of para-hydroxylation sites is 1. The third-order valence-electron chi connectivity index (χ3n) is 3.14. The number of hydrogen-bond donors (Lipinski definition) is 1. The molecule has 1 aliphatic rings. The Bertz CT molecular complexity index is 431. The Kier molecular flexibility index (Phi) is 4.11. The van der Waals surface area contributed by atoms with Crippen molar-refractivity contribution in [1.29, 1.82) is 0 Å². The SMILES string of the molecule is CC(S)C(=O)N1CCN(c2ccccc2F)CC1. The number of anilines is 1. The topological polar surface area (TPSA) is 23.6 Å². The highest BCUT2D eigenvalue weighted by Gasteiger charge is 2.24. The Hall–Kier alpha value is -1.23. The van der Waals surface area contributed by atoms with E-state index in [4.69, 9.17) is 0 Å². The number of nitrogens with zero attached hydrogens (tertiary/aromatic N) is 2. The fraction of sp³-hybridized carbons (Fsp3) is 0.462. The second-order valence-electron chi connectivity index (χ2n) is 4.44. The molecule has 18 heavy (non-hydrogen) atoms. The summed E-state index contributed by atoms with van der Waals surface area (Å²) in [6.45, 7) is 4.34. The minimum atomic E-state index is -0.273. The van der Waals surface area contributed by atoms with Crippen molar-refractivity contribution in [3.63, 3.8) is 0 Å². The molecular formula is C13H17FN2OS. The molecule has 1 heterocycles. The molecule has 1 saturated heterocycles. The summed E-state index contributed by atoms with van der Waals surface area (Å²) in [6, 6.07) is 6.74. The maximum absolute atomic E-state index is 13.6. The van der Waals surface area contributed by atoms with Gasteiger partial charge in [-0.25, -0.2) is 4.39 Å². The van der Waals surface area contributed by atoms with Crippen molar-refractivity contribution in [2.24, 2.45) is 0 Å². The van der Waals surface area contributed by atoms with Gasteiger partial charge in [0.05, 0.1) is 10.9 Å². The van der Waals surface area contributed by atoms with Gasteiger partial charge in [-0.2, -0.15) is 12.6 Å². The first-order valence-corrected chi connectivity index (χ1v) is 6.57. The second-order valence-corrected chi connectivity index (χ2v) is 5.21. The van der Waals surface area contributed by atoms with Crippen LogP contribution in [0, 0.1) is 5.82 Å². The van der Waals surface area contributed by atoms with E-state index in [2.05, 4.69) is 12.6 Å². The highest BCUT2D eigenvalue weighted by atomic mass is 32.1. The number of piperazine rings is 1. The molecule has 5 heteroatoms. The van der Waals surface area contributed by atoms with E-state index in [1.54, 1.807) is 24.0 Å². The van der Waals surface area contributed by atoms with E-state index < -0.39 is 0 Å². The number of benzene rings is 1. The number of amides is 1. The summed E-state index contributed by atoms with van der Waals surface area (Å²) in [5.74, 6) is -0.161. The molecule has 0 N–H and O–H groups in total. The van der Waals surface area contributed by atoms with Crippen LogP contribution in [-0.4, -0.2) is 42.2 Å². The highest BCUT2D eigenvalue weighted by Crippen LogP contribution is 2.20. The predicted molar refractivity (Wildman–Crippen MR) is 73.6 cm³/mol. The molecule has 1 unspecified atom stereocenters. The van der Waals surface area contributed by atoms with Gasteiger partial charge in [0.1, 0.15) is 5.82 Å². The van der Waals surface area contributed by atoms with Gasteiger partial charge < -0.3 is 9.80 Å². The molecule has 3 nitrogen and oxygen atoms in total. The fourth-order valence-electron chi connectivity index (χ4n) is 2.14. The van der Waals surface area contributed by atoms with Crippen molar-refractivity contribution in [1.82, 2.24) is 4.90 Å². The molecule has 1 aliphatic heterocycles. The Morgan fingerprint density at radius 3 is 2.44 bits per heavy atom. The quantitative estimate of drug-likeness (QED) is 0.827. The lowest BCUT2D eigenvalue weighted by atomic mass is 10.2. The fourth-order valence-corrected chi connectivity index (χ4v) is 2.30. The Morgan fingerprint density at radius 2 is 1.89 bits per heavy atom. The molecule has 1 amide bonds. The number of rotatable bonds is 2. The summed E-state index contributed by atoms with van der Waals surface area (Å²) in [5, 5.41) is -0.273. The van der Waals surface area contributed by atoms with Crippen LogP contribution in [0.5, 0.6) is 0 Å². The lowest BCUT2D eigenvalue weighted by Crippen LogP contribution is -2.50. The van der Waals surface area contributed by atoms with E-state index in [-0.39, 0.29) is 17.0 Å². The predicted octanol–water partition coefficient (Wildman–Crippen LogP) is 1.79. The van der Waals surface area contributed by atoms with E-state index in [0.29, 0.717) is 31.9 Å². The highest BCUT2D eigenvalue weighted by molar-refractivity contribution is 7.81. The Labute approximate surface area is 112 Å². The number of halogens is 1. The molecular weight excluding hydrogens is 251 g/mol. The minimum Gasteiger partial charge on any atom is -0.366 e. The third kappa shape index (κ3) is 2.77. The number of carbonyl (C=O) groups is 1. The first-order chi connectivity index (χ1) is 8.59. The number of hydrogen-bond acceptors (Lipinski definition) is 3. The van der Waals surface area contributed by atoms with Crippen molar-refractivity contribution in [3.05, 3.63) is 30.1 Å². The standard InChI is InChI=1S/C13H17FN2OS/c1-10(18)13(17)16-8-6-15(7-9-16)12-5-3-2-4-11(12)14/h2-5,10,18H,6-9H2,1H3. The van der Waals surface area contributed by atoms with Crippen LogP contribution in [0.15, 0.2) is 24.3 Å². The Morgan fingerprint density at radius 1 is 1.28 bits per heavy atom. The first-order valence-electron chi connectivity index (χ1n) is 6.06. The summed E-state index contributed by atoms with van der Waals surface area (Å²) in [5.41, 5.74) is 0.614. The van der Waals surface area contributed by atoms with Crippen molar-refractivity contribution >= 4 is 24.2 Å². The molecule has 2 rings (SSSR count). The molecule has 0 aromatic heterocycles. The summed E-state index contributed by atoms with van der Waals surface area (Å²) >= 11 is 4.15. The minimum absolute atomic E-state index is 0.0477. The molecule has 98 valence electrons. The molecule has 1 atom stereocenters. The average Bonchev–Trinajstić information content (AvgIpc) is 2.38. The summed E-state index contributed by atoms with van der Waals surface area (Å²) in [4.78, 5) is 15.5. The zero-order valence-corrected chi connectivity index (χ0v) is 11.2. The summed E-state index contributed by atoms with van der Waals surface area (Å²) in [7, 11) is 0. The summed E-state index contributed by atoms with van der Waals surface area (Å²) in [6.07, 6.45) is 0. The maximum atomic E-state index is 13.6. The van der Waals surface area contributed by atoms with E-state index in [1.807, 2.05) is 11.0 Å². The largest absolute Gasteiger partial charge is 0.366 e. The van der Waals surface area contributed by atoms with Crippen LogP contribution >= 0.6 is 12.6 Å². The zero-order chi connectivity index (χ0) is 13.1. The van der Waals surface area contributed by atoms with Gasteiger partial charge >= 0.3 is 0 Å². The summed E-state index contributed by atoms with van der Waals surface area (Å²) < 4.78 is 13.6. The van der Waals surface area contributed by atoms with E-state index in [9.17, 15) is 9.18 Å². The number of carbonyl (C=O) groups excluding carboxylic acids is 1. The van der Waals surface area contributed by atoms with Crippen molar-refractivity contribution < 1.29 is 9.18 Å². The van der Waals surface area contributed by atoms with Crippen molar-refractivity contribution in [2.45, 2.75) is 12.2 Å². The Balaban J connectivity index is 1.99. The molecule has 1 aromatic carbocycles. The van der Waals surface area contributed by atoms with E-state index in [1.165, 1.54) is 6.07 Å². The van der Waals surface area contributed by atoms with Crippen LogP contribution in [-0.2, 0) is 4.79 Å².